The summed E-state index contributed by atoms with van der Waals surface area (Å²) in [5.74, 6) is -0.860. The van der Waals surface area contributed by atoms with Gasteiger partial charge in [0.05, 0.1) is 12.0 Å². The zero-order valence-electron chi connectivity index (χ0n) is 11.2. The van der Waals surface area contributed by atoms with Crippen LogP contribution in [0.3, 0.4) is 0 Å². The molecule has 0 radical (unpaired) electrons. The first-order valence-electron chi connectivity index (χ1n) is 6.90. The number of ether oxygens (including phenoxy) is 1. The number of carbonyl (C=O) groups excluding carboxylic acids is 1. The van der Waals surface area contributed by atoms with Gasteiger partial charge in [0.15, 0.2) is 0 Å². The quantitative estimate of drug-likeness (QED) is 0.712. The van der Waals surface area contributed by atoms with Crippen LogP contribution in [0.2, 0.25) is 0 Å². The number of amides is 1. The van der Waals surface area contributed by atoms with E-state index in [0.29, 0.717) is 24.9 Å². The first kappa shape index (κ1) is 14.1. The second-order valence-corrected chi connectivity index (χ2v) is 5.36. The highest BCUT2D eigenvalue weighted by atomic mass is 16.5. The van der Waals surface area contributed by atoms with Gasteiger partial charge >= 0.3 is 5.97 Å². The molecule has 1 saturated carbocycles. The van der Waals surface area contributed by atoms with E-state index in [2.05, 4.69) is 5.32 Å². The molecule has 1 amide bonds. The second kappa shape index (κ2) is 6.19. The predicted molar refractivity (Wildman–Crippen MR) is 69.6 cm³/mol. The average molecular weight is 267 g/mol. The lowest BCUT2D eigenvalue weighted by Crippen LogP contribution is -2.38. The Kier molecular flexibility index (Phi) is 4.58. The van der Waals surface area contributed by atoms with Crippen molar-refractivity contribution in [2.75, 3.05) is 6.61 Å². The Morgan fingerprint density at radius 2 is 2.05 bits per heavy atom. The van der Waals surface area contributed by atoms with Gasteiger partial charge in [0.1, 0.15) is 0 Å². The first-order chi connectivity index (χ1) is 9.08. The van der Waals surface area contributed by atoms with Crippen LogP contribution < -0.4 is 5.32 Å². The van der Waals surface area contributed by atoms with E-state index in [1.54, 1.807) is 12.2 Å². The van der Waals surface area contributed by atoms with E-state index in [1.807, 2.05) is 6.92 Å². The van der Waals surface area contributed by atoms with Crippen LogP contribution in [-0.4, -0.2) is 35.7 Å². The van der Waals surface area contributed by atoms with Crippen LogP contribution in [0.4, 0.5) is 0 Å². The van der Waals surface area contributed by atoms with Crippen molar-refractivity contribution >= 4 is 11.9 Å². The van der Waals surface area contributed by atoms with Gasteiger partial charge < -0.3 is 15.2 Å². The molecule has 2 aliphatic carbocycles. The van der Waals surface area contributed by atoms with Crippen LogP contribution in [0.25, 0.3) is 0 Å². The normalized spacial score (nSPS) is 32.9. The Morgan fingerprint density at radius 1 is 1.32 bits per heavy atom. The van der Waals surface area contributed by atoms with Gasteiger partial charge in [-0.25, -0.2) is 0 Å². The minimum atomic E-state index is -0.827. The molecule has 2 aliphatic rings. The average Bonchev–Trinajstić information content (AvgIpc) is 2.75. The minimum Gasteiger partial charge on any atom is -0.481 e. The Balaban J connectivity index is 1.64. The summed E-state index contributed by atoms with van der Waals surface area (Å²) in [7, 11) is 0. The molecular weight excluding hydrogens is 246 g/mol. The zero-order chi connectivity index (χ0) is 13.8. The SMILES string of the molecule is CCOC1CC(CC(=O)NC2C=CC(C(=O)O)C2)C1. The summed E-state index contributed by atoms with van der Waals surface area (Å²) in [6.45, 7) is 2.71. The van der Waals surface area contributed by atoms with E-state index in [4.69, 9.17) is 9.84 Å². The van der Waals surface area contributed by atoms with E-state index in [1.165, 1.54) is 0 Å². The molecule has 106 valence electrons. The highest BCUT2D eigenvalue weighted by Crippen LogP contribution is 2.32. The lowest BCUT2D eigenvalue weighted by Gasteiger charge is -2.34. The number of aliphatic carboxylic acids is 1. The lowest BCUT2D eigenvalue weighted by atomic mass is 9.80. The third-order valence-corrected chi connectivity index (χ3v) is 3.82. The van der Waals surface area contributed by atoms with Gasteiger partial charge in [0.25, 0.3) is 0 Å². The smallest absolute Gasteiger partial charge is 0.310 e. The molecule has 0 spiro atoms. The van der Waals surface area contributed by atoms with Crippen LogP contribution in [0, 0.1) is 11.8 Å². The van der Waals surface area contributed by atoms with Crippen LogP contribution in [0.5, 0.6) is 0 Å². The van der Waals surface area contributed by atoms with Crippen LogP contribution in [-0.2, 0) is 14.3 Å². The fourth-order valence-corrected chi connectivity index (χ4v) is 2.73. The van der Waals surface area contributed by atoms with Crippen molar-refractivity contribution in [3.8, 4) is 0 Å². The molecule has 5 heteroatoms. The molecule has 1 fully saturated rings. The maximum Gasteiger partial charge on any atom is 0.310 e. The molecule has 0 bridgehead atoms. The number of carboxylic acid groups (broad SMARTS) is 1. The predicted octanol–water partition coefficient (Wildman–Crippen LogP) is 1.34. The van der Waals surface area contributed by atoms with Gasteiger partial charge in [-0.15, -0.1) is 0 Å². The molecule has 2 N–H and O–H groups in total. The first-order valence-corrected chi connectivity index (χ1v) is 6.90. The fourth-order valence-electron chi connectivity index (χ4n) is 2.73. The van der Waals surface area contributed by atoms with Crippen molar-refractivity contribution in [1.82, 2.24) is 5.32 Å². The number of hydrogen-bond acceptors (Lipinski definition) is 3. The Labute approximate surface area is 113 Å². The van der Waals surface area contributed by atoms with Crippen LogP contribution in [0.1, 0.15) is 32.6 Å². The highest BCUT2D eigenvalue weighted by Gasteiger charge is 2.32. The molecule has 0 saturated heterocycles. The van der Waals surface area contributed by atoms with Crippen LogP contribution >= 0.6 is 0 Å². The maximum absolute atomic E-state index is 11.8. The summed E-state index contributed by atoms with van der Waals surface area (Å²) < 4.78 is 5.46. The topological polar surface area (TPSA) is 75.6 Å². The maximum atomic E-state index is 11.8. The van der Waals surface area contributed by atoms with Crippen molar-refractivity contribution in [2.24, 2.45) is 11.8 Å². The van der Waals surface area contributed by atoms with Gasteiger partial charge in [-0.3, -0.25) is 9.59 Å². The van der Waals surface area contributed by atoms with Gasteiger partial charge in [0, 0.05) is 19.1 Å². The Bertz CT molecular complexity index is 374. The van der Waals surface area contributed by atoms with Gasteiger partial charge in [0.2, 0.25) is 5.91 Å². The van der Waals surface area contributed by atoms with E-state index in [9.17, 15) is 9.59 Å². The molecule has 5 nitrogen and oxygen atoms in total. The van der Waals surface area contributed by atoms with Crippen molar-refractivity contribution in [3.63, 3.8) is 0 Å². The Morgan fingerprint density at radius 3 is 2.63 bits per heavy atom. The number of carbonyl (C=O) groups is 2. The number of rotatable bonds is 6. The second-order valence-electron chi connectivity index (χ2n) is 5.36. The number of nitrogens with one attached hydrogen (secondary N) is 1. The third kappa shape index (κ3) is 3.80. The minimum absolute atomic E-state index is 0.0145. The molecule has 2 atom stereocenters. The van der Waals surface area contributed by atoms with E-state index in [0.717, 1.165) is 19.4 Å². The molecule has 0 aliphatic heterocycles. The van der Waals surface area contributed by atoms with E-state index in [-0.39, 0.29) is 11.9 Å². The lowest BCUT2D eigenvalue weighted by molar-refractivity contribution is -0.140. The zero-order valence-corrected chi connectivity index (χ0v) is 11.2. The van der Waals surface area contributed by atoms with Gasteiger partial charge in [-0.2, -0.15) is 0 Å². The molecule has 2 rings (SSSR count). The molecule has 0 heterocycles. The summed E-state index contributed by atoms with van der Waals surface area (Å²) in [5, 5.41) is 11.7. The summed E-state index contributed by atoms with van der Waals surface area (Å²) in [5.41, 5.74) is 0. The van der Waals surface area contributed by atoms with E-state index < -0.39 is 11.9 Å². The monoisotopic (exact) mass is 267 g/mol. The third-order valence-electron chi connectivity index (χ3n) is 3.82. The molecule has 0 aromatic rings. The largest absolute Gasteiger partial charge is 0.481 e. The number of hydrogen-bond donors (Lipinski definition) is 2. The van der Waals surface area contributed by atoms with Gasteiger partial charge in [-0.1, -0.05) is 12.2 Å². The molecular formula is C14H21NO4. The summed E-state index contributed by atoms with van der Waals surface area (Å²) >= 11 is 0. The highest BCUT2D eigenvalue weighted by molar-refractivity contribution is 5.78. The molecule has 2 unspecified atom stereocenters. The van der Waals surface area contributed by atoms with Gasteiger partial charge in [-0.05, 0) is 32.1 Å². The standard InChI is InChI=1S/C14H21NO4/c1-2-19-12-5-9(6-12)7-13(16)15-11-4-3-10(8-11)14(17)18/h3-4,9-12H,2,5-8H2,1H3,(H,15,16)(H,17,18). The van der Waals surface area contributed by atoms with E-state index >= 15 is 0 Å². The van der Waals surface area contributed by atoms with Crippen molar-refractivity contribution < 1.29 is 19.4 Å². The summed E-state index contributed by atoms with van der Waals surface area (Å²) in [6.07, 6.45) is 6.66. The van der Waals surface area contributed by atoms with Crippen LogP contribution in [0.15, 0.2) is 12.2 Å². The fraction of sp³-hybridized carbons (Fsp3) is 0.714. The molecule has 19 heavy (non-hydrogen) atoms. The number of carboxylic acids is 1. The summed E-state index contributed by atoms with van der Waals surface area (Å²) in [6, 6.07) is -0.128. The molecule has 0 aromatic carbocycles. The van der Waals surface area contributed by atoms with Crippen molar-refractivity contribution in [3.05, 3.63) is 12.2 Å². The summed E-state index contributed by atoms with van der Waals surface area (Å²) in [4.78, 5) is 22.6. The van der Waals surface area contributed by atoms with Crippen molar-refractivity contribution in [1.29, 1.82) is 0 Å². The molecule has 0 aromatic heterocycles. The van der Waals surface area contributed by atoms with Crippen molar-refractivity contribution in [2.45, 2.75) is 44.8 Å². The Hall–Kier alpha value is -1.36.